The second-order valence-corrected chi connectivity index (χ2v) is 6.42. The van der Waals surface area contributed by atoms with Gasteiger partial charge in [-0.25, -0.2) is 0 Å². The fraction of sp³-hybridized carbons (Fsp3) is 0.588. The molecule has 1 aliphatic carbocycles. The normalized spacial score (nSPS) is 35.3. The Balaban J connectivity index is 1.96. The van der Waals surface area contributed by atoms with Gasteiger partial charge in [0, 0.05) is 31.7 Å². The van der Waals surface area contributed by atoms with Gasteiger partial charge in [0.05, 0.1) is 7.11 Å². The summed E-state index contributed by atoms with van der Waals surface area (Å²) in [6.45, 7) is 1.77. The molecular weight excluding hydrogens is 266 g/mol. The summed E-state index contributed by atoms with van der Waals surface area (Å²) >= 11 is 0. The van der Waals surface area contributed by atoms with Crippen molar-refractivity contribution in [2.75, 3.05) is 20.7 Å². The number of Topliss-reactive ketones (excluding diaryl/α,β-unsaturated/α-hetero) is 1. The second kappa shape index (κ2) is 4.47. The summed E-state index contributed by atoms with van der Waals surface area (Å²) in [7, 11) is 3.75. The minimum Gasteiger partial charge on any atom is -0.493 e. The predicted octanol–water partition coefficient (Wildman–Crippen LogP) is 2.28. The molecule has 0 unspecified atom stereocenters. The van der Waals surface area contributed by atoms with Crippen LogP contribution in [0.15, 0.2) is 12.1 Å². The van der Waals surface area contributed by atoms with Crippen molar-refractivity contribution in [3.8, 4) is 11.5 Å². The Morgan fingerprint density at radius 3 is 3.19 bits per heavy atom. The highest BCUT2D eigenvalue weighted by Gasteiger charge is 2.54. The molecule has 1 fully saturated rings. The lowest BCUT2D eigenvalue weighted by atomic mass is 9.65. The summed E-state index contributed by atoms with van der Waals surface area (Å²) in [6, 6.07) is 4.04. The number of nitrogens with zero attached hydrogens (tertiary/aromatic N) is 1. The molecule has 0 amide bonds. The summed E-state index contributed by atoms with van der Waals surface area (Å²) in [5, 5.41) is 0. The summed E-state index contributed by atoms with van der Waals surface area (Å²) in [5.41, 5.74) is 1.98. The van der Waals surface area contributed by atoms with Crippen molar-refractivity contribution in [1.29, 1.82) is 0 Å². The molecule has 2 aliphatic heterocycles. The van der Waals surface area contributed by atoms with Crippen LogP contribution < -0.4 is 9.47 Å². The van der Waals surface area contributed by atoms with E-state index in [0.717, 1.165) is 36.6 Å². The maximum absolute atomic E-state index is 12.0. The van der Waals surface area contributed by atoms with Gasteiger partial charge in [-0.2, -0.15) is 0 Å². The molecule has 2 heterocycles. The third-order valence-electron chi connectivity index (χ3n) is 5.18. The van der Waals surface area contributed by atoms with Crippen LogP contribution in [0.1, 0.15) is 38.2 Å². The van der Waals surface area contributed by atoms with Crippen molar-refractivity contribution in [3.63, 3.8) is 0 Å². The van der Waals surface area contributed by atoms with Gasteiger partial charge in [0.15, 0.2) is 11.5 Å². The van der Waals surface area contributed by atoms with Crippen LogP contribution in [0.4, 0.5) is 0 Å². The van der Waals surface area contributed by atoms with Crippen molar-refractivity contribution in [1.82, 2.24) is 4.90 Å². The van der Waals surface area contributed by atoms with Gasteiger partial charge in [0.1, 0.15) is 11.9 Å². The molecule has 0 radical (unpaired) electrons. The molecule has 1 aromatic carbocycles. The van der Waals surface area contributed by atoms with Crippen LogP contribution in [0.25, 0.3) is 0 Å². The van der Waals surface area contributed by atoms with E-state index in [-0.39, 0.29) is 17.3 Å². The van der Waals surface area contributed by atoms with Crippen LogP contribution in [0.3, 0.4) is 0 Å². The van der Waals surface area contributed by atoms with Gasteiger partial charge in [-0.05, 0) is 38.0 Å². The number of carbonyl (C=O) groups excluding carboxylic acids is 1. The zero-order chi connectivity index (χ0) is 15.5. The van der Waals surface area contributed by atoms with E-state index < -0.39 is 6.40 Å². The Hall–Kier alpha value is -1.55. The van der Waals surface area contributed by atoms with Gasteiger partial charge in [-0.3, -0.25) is 4.79 Å². The van der Waals surface area contributed by atoms with Gasteiger partial charge in [-0.15, -0.1) is 0 Å². The van der Waals surface area contributed by atoms with Gasteiger partial charge < -0.3 is 14.4 Å². The average molecular weight is 288 g/mol. The molecular formula is C17H21NO3. The first-order valence-electron chi connectivity index (χ1n) is 8.13. The fourth-order valence-electron chi connectivity index (χ4n) is 4.11. The number of ketones is 1. The third kappa shape index (κ3) is 1.75. The monoisotopic (exact) mass is 288 g/mol. The Morgan fingerprint density at radius 2 is 2.38 bits per heavy atom. The van der Waals surface area contributed by atoms with E-state index in [4.69, 9.17) is 10.8 Å². The fourth-order valence-corrected chi connectivity index (χ4v) is 4.11. The SMILES string of the molecule is [2H][C@@H]1CC(=O)C[C@@H]2Oc3c(OC)ccc4c3[C@]12CCN(C)C4. The zero-order valence-corrected chi connectivity index (χ0v) is 12.5. The molecule has 4 rings (SSSR count). The Kier molecular flexibility index (Phi) is 2.56. The number of ether oxygens (including phenoxy) is 2. The summed E-state index contributed by atoms with van der Waals surface area (Å²) in [5.74, 6) is 1.63. The Morgan fingerprint density at radius 1 is 1.52 bits per heavy atom. The standard InChI is InChI=1S/C17H21NO3/c1-18-8-7-17-6-5-12(19)9-14(17)21-16-13(20-2)4-3-11(10-18)15(16)17/h3-4,14H,5-10H2,1-2H3/t14-,17-/m0/s1/i6D/t6-,14+,17+/m1. The minimum absolute atomic E-state index is 0.140. The highest BCUT2D eigenvalue weighted by molar-refractivity contribution is 5.81. The van der Waals surface area contributed by atoms with Gasteiger partial charge >= 0.3 is 0 Å². The number of carbonyl (C=O) groups is 1. The molecule has 0 aromatic heterocycles. The summed E-state index contributed by atoms with van der Waals surface area (Å²) in [4.78, 5) is 14.3. The van der Waals surface area contributed by atoms with Crippen molar-refractivity contribution in [3.05, 3.63) is 23.3 Å². The quantitative estimate of drug-likeness (QED) is 0.795. The van der Waals surface area contributed by atoms with Gasteiger partial charge in [0.2, 0.25) is 0 Å². The van der Waals surface area contributed by atoms with E-state index in [1.54, 1.807) is 7.11 Å². The van der Waals surface area contributed by atoms with Crippen LogP contribution in [0.5, 0.6) is 11.5 Å². The van der Waals surface area contributed by atoms with Gasteiger partial charge in [0.25, 0.3) is 0 Å². The molecule has 1 spiro atoms. The topological polar surface area (TPSA) is 38.8 Å². The number of benzene rings is 1. The van der Waals surface area contributed by atoms with Crippen LogP contribution in [-0.2, 0) is 16.8 Å². The highest BCUT2D eigenvalue weighted by atomic mass is 16.5. The van der Waals surface area contributed by atoms with Gasteiger partial charge in [-0.1, -0.05) is 6.07 Å². The lowest BCUT2D eigenvalue weighted by molar-refractivity contribution is -0.124. The first-order valence-corrected chi connectivity index (χ1v) is 7.55. The van der Waals surface area contributed by atoms with E-state index in [1.165, 1.54) is 5.56 Å². The predicted molar refractivity (Wildman–Crippen MR) is 78.9 cm³/mol. The number of hydrogen-bond donors (Lipinski definition) is 0. The van der Waals surface area contributed by atoms with E-state index in [1.807, 2.05) is 6.07 Å². The summed E-state index contributed by atoms with van der Waals surface area (Å²) in [6.07, 6.45) is 0.962. The number of rotatable bonds is 1. The van der Waals surface area contributed by atoms with Crippen LogP contribution >= 0.6 is 0 Å². The molecule has 4 heteroatoms. The van der Waals surface area contributed by atoms with Crippen molar-refractivity contribution < 1.29 is 15.6 Å². The van der Waals surface area contributed by atoms with Crippen LogP contribution in [0, 0.1) is 0 Å². The number of methoxy groups -OCH3 is 1. The Bertz CT molecular complexity index is 647. The molecule has 0 saturated heterocycles. The van der Waals surface area contributed by atoms with Crippen LogP contribution in [-0.4, -0.2) is 37.5 Å². The third-order valence-corrected chi connectivity index (χ3v) is 5.18. The van der Waals surface area contributed by atoms with E-state index >= 15 is 0 Å². The molecule has 4 nitrogen and oxygen atoms in total. The van der Waals surface area contributed by atoms with Crippen molar-refractivity contribution in [2.45, 2.75) is 43.7 Å². The lowest BCUT2D eigenvalue weighted by Gasteiger charge is -2.37. The maximum Gasteiger partial charge on any atom is 0.165 e. The molecule has 1 saturated carbocycles. The van der Waals surface area contributed by atoms with E-state index in [2.05, 4.69) is 18.0 Å². The first-order chi connectivity index (χ1) is 10.6. The molecule has 112 valence electrons. The molecule has 1 aromatic rings. The smallest absolute Gasteiger partial charge is 0.165 e. The largest absolute Gasteiger partial charge is 0.493 e. The van der Waals surface area contributed by atoms with Crippen LogP contribution in [0.2, 0.25) is 0 Å². The molecule has 21 heavy (non-hydrogen) atoms. The van der Waals surface area contributed by atoms with Crippen molar-refractivity contribution >= 4 is 5.78 Å². The summed E-state index contributed by atoms with van der Waals surface area (Å²) < 4.78 is 20.3. The maximum atomic E-state index is 12.0. The lowest BCUT2D eigenvalue weighted by Crippen LogP contribution is -2.44. The first kappa shape index (κ1) is 12.0. The molecule has 0 bridgehead atoms. The molecule has 3 aliphatic rings. The second-order valence-electron chi connectivity index (χ2n) is 6.42. The zero-order valence-electron chi connectivity index (χ0n) is 13.5. The van der Waals surface area contributed by atoms with Crippen molar-refractivity contribution in [2.24, 2.45) is 0 Å². The average Bonchev–Trinajstić information content (AvgIpc) is 2.72. The number of hydrogen-bond acceptors (Lipinski definition) is 4. The van der Waals surface area contributed by atoms with E-state index in [9.17, 15) is 4.79 Å². The van der Waals surface area contributed by atoms with E-state index in [0.29, 0.717) is 12.8 Å². The minimum atomic E-state index is -0.433. The Labute approximate surface area is 126 Å². The molecule has 0 N–H and O–H groups in total. The highest BCUT2D eigenvalue weighted by Crippen LogP contribution is 2.56. The molecule has 3 atom stereocenters.